The lowest BCUT2D eigenvalue weighted by molar-refractivity contribution is 0.346. The molecule has 0 atom stereocenters. The molecule has 0 saturated heterocycles. The first-order valence-corrected chi connectivity index (χ1v) is 8.09. The van der Waals surface area contributed by atoms with Crippen molar-refractivity contribution in [2.75, 3.05) is 0 Å². The first-order chi connectivity index (χ1) is 9.39. The normalized spacial score (nSPS) is 16.4. The van der Waals surface area contributed by atoms with Crippen LogP contribution in [0.1, 0.15) is 26.7 Å². The summed E-state index contributed by atoms with van der Waals surface area (Å²) >= 11 is 0. The number of sulfonamides is 1. The second kappa shape index (κ2) is 4.46. The van der Waals surface area contributed by atoms with Gasteiger partial charge in [-0.2, -0.15) is 4.31 Å². The summed E-state index contributed by atoms with van der Waals surface area (Å²) in [6.45, 7) is 3.76. The third-order valence-corrected chi connectivity index (χ3v) is 5.60. The summed E-state index contributed by atoms with van der Waals surface area (Å²) in [5.41, 5.74) is 0.782. The first kappa shape index (κ1) is 13.4. The minimum Gasteiger partial charge on any atom is -0.306 e. The van der Waals surface area contributed by atoms with Gasteiger partial charge in [-0.25, -0.2) is 13.2 Å². The molecular weight excluding hydrogens is 278 g/mol. The van der Waals surface area contributed by atoms with Crippen LogP contribution in [0.15, 0.2) is 27.9 Å². The van der Waals surface area contributed by atoms with Crippen molar-refractivity contribution in [1.82, 2.24) is 14.3 Å². The van der Waals surface area contributed by atoms with Crippen molar-refractivity contribution < 1.29 is 8.42 Å². The molecule has 3 rings (SSSR count). The van der Waals surface area contributed by atoms with E-state index < -0.39 is 10.0 Å². The number of rotatable bonds is 4. The Kier molecular flexibility index (Phi) is 2.98. The molecule has 1 heterocycles. The molecule has 0 amide bonds. The number of fused-ring (bicyclic) bond motifs is 1. The summed E-state index contributed by atoms with van der Waals surface area (Å²) in [6.07, 6.45) is 1.83. The number of aromatic amines is 2. The monoisotopic (exact) mass is 295 g/mol. The third-order valence-electron chi connectivity index (χ3n) is 3.48. The van der Waals surface area contributed by atoms with Crippen LogP contribution in [0.4, 0.5) is 0 Å². The number of nitrogens with zero attached hydrogens (tertiary/aromatic N) is 1. The zero-order valence-electron chi connectivity index (χ0n) is 11.4. The van der Waals surface area contributed by atoms with Gasteiger partial charge in [0, 0.05) is 12.1 Å². The number of benzene rings is 1. The van der Waals surface area contributed by atoms with E-state index in [1.165, 1.54) is 6.07 Å². The molecule has 1 aliphatic rings. The standard InChI is InChI=1S/C13H17N3O3S/c1-8(2)16(9-3-4-9)20(18,19)10-5-6-11-12(7-10)15-13(17)14-11/h5-9H,3-4H2,1-2H3,(H2,14,15,17). The molecule has 1 saturated carbocycles. The summed E-state index contributed by atoms with van der Waals surface area (Å²) in [4.78, 5) is 16.7. The van der Waals surface area contributed by atoms with Gasteiger partial charge in [0.1, 0.15) is 0 Å². The van der Waals surface area contributed by atoms with Crippen LogP contribution in [0.25, 0.3) is 11.0 Å². The Balaban J connectivity index is 2.09. The van der Waals surface area contributed by atoms with Crippen molar-refractivity contribution in [1.29, 1.82) is 0 Å². The SMILES string of the molecule is CC(C)N(C1CC1)S(=O)(=O)c1ccc2[nH]c(=O)[nH]c2c1. The molecule has 6 nitrogen and oxygen atoms in total. The predicted molar refractivity (Wildman–Crippen MR) is 76.1 cm³/mol. The number of aromatic nitrogens is 2. The van der Waals surface area contributed by atoms with Gasteiger partial charge in [0.15, 0.2) is 0 Å². The maximum atomic E-state index is 12.7. The van der Waals surface area contributed by atoms with Crippen LogP contribution < -0.4 is 5.69 Å². The van der Waals surface area contributed by atoms with Crippen molar-refractivity contribution in [2.45, 2.75) is 43.7 Å². The molecule has 0 unspecified atom stereocenters. The van der Waals surface area contributed by atoms with Crippen LogP contribution in [0.5, 0.6) is 0 Å². The first-order valence-electron chi connectivity index (χ1n) is 6.65. The number of imidazole rings is 1. The maximum Gasteiger partial charge on any atom is 0.323 e. The Morgan fingerprint density at radius 1 is 1.20 bits per heavy atom. The molecule has 1 aromatic carbocycles. The molecule has 2 N–H and O–H groups in total. The summed E-state index contributed by atoms with van der Waals surface area (Å²) in [5, 5.41) is 0. The minimum atomic E-state index is -3.52. The Morgan fingerprint density at radius 2 is 1.85 bits per heavy atom. The van der Waals surface area contributed by atoms with Crippen molar-refractivity contribution >= 4 is 21.1 Å². The lowest BCUT2D eigenvalue weighted by atomic mass is 10.3. The zero-order chi connectivity index (χ0) is 14.5. The molecule has 0 aliphatic heterocycles. The second-order valence-corrected chi connectivity index (χ2v) is 7.29. The van der Waals surface area contributed by atoms with Crippen LogP contribution in [0.2, 0.25) is 0 Å². The van der Waals surface area contributed by atoms with Crippen molar-refractivity contribution in [2.24, 2.45) is 0 Å². The highest BCUT2D eigenvalue weighted by Gasteiger charge is 2.39. The number of H-pyrrole nitrogens is 2. The lowest BCUT2D eigenvalue weighted by Crippen LogP contribution is -2.38. The zero-order valence-corrected chi connectivity index (χ0v) is 12.2. The van der Waals surface area contributed by atoms with Gasteiger partial charge in [-0.05, 0) is 44.9 Å². The molecule has 1 aromatic heterocycles. The van der Waals surface area contributed by atoms with Gasteiger partial charge in [-0.1, -0.05) is 0 Å². The highest BCUT2D eigenvalue weighted by atomic mass is 32.2. The van der Waals surface area contributed by atoms with E-state index in [1.54, 1.807) is 16.4 Å². The lowest BCUT2D eigenvalue weighted by Gasteiger charge is -2.25. The van der Waals surface area contributed by atoms with Crippen LogP contribution in [-0.2, 0) is 10.0 Å². The highest BCUT2D eigenvalue weighted by Crippen LogP contribution is 2.34. The predicted octanol–water partition coefficient (Wildman–Crippen LogP) is 1.42. The molecule has 108 valence electrons. The molecule has 20 heavy (non-hydrogen) atoms. The number of nitrogens with one attached hydrogen (secondary N) is 2. The van der Waals surface area contributed by atoms with Gasteiger partial charge in [0.25, 0.3) is 0 Å². The quantitative estimate of drug-likeness (QED) is 0.894. The van der Waals surface area contributed by atoms with E-state index in [1.807, 2.05) is 13.8 Å². The fraction of sp³-hybridized carbons (Fsp3) is 0.462. The van der Waals surface area contributed by atoms with Crippen LogP contribution >= 0.6 is 0 Å². The minimum absolute atomic E-state index is 0.0755. The topological polar surface area (TPSA) is 86.0 Å². The van der Waals surface area contributed by atoms with E-state index in [0.717, 1.165) is 12.8 Å². The second-order valence-electron chi connectivity index (χ2n) is 5.45. The largest absolute Gasteiger partial charge is 0.323 e. The molecule has 1 fully saturated rings. The van der Waals surface area contributed by atoms with E-state index in [4.69, 9.17) is 0 Å². The number of hydrogen-bond donors (Lipinski definition) is 2. The summed E-state index contributed by atoms with van der Waals surface area (Å²) < 4.78 is 27.0. The summed E-state index contributed by atoms with van der Waals surface area (Å²) in [7, 11) is -3.52. The van der Waals surface area contributed by atoms with E-state index in [0.29, 0.717) is 11.0 Å². The van der Waals surface area contributed by atoms with Crippen molar-refractivity contribution in [3.05, 3.63) is 28.7 Å². The van der Waals surface area contributed by atoms with Crippen molar-refractivity contribution in [3.63, 3.8) is 0 Å². The van der Waals surface area contributed by atoms with Gasteiger partial charge >= 0.3 is 5.69 Å². The molecule has 0 radical (unpaired) electrons. The van der Waals surface area contributed by atoms with Gasteiger partial charge in [0.2, 0.25) is 10.0 Å². The van der Waals surface area contributed by atoms with Gasteiger partial charge in [-0.15, -0.1) is 0 Å². The van der Waals surface area contributed by atoms with Gasteiger partial charge < -0.3 is 9.97 Å². The van der Waals surface area contributed by atoms with Gasteiger partial charge in [-0.3, -0.25) is 0 Å². The Bertz CT molecular complexity index is 798. The van der Waals surface area contributed by atoms with Crippen molar-refractivity contribution in [3.8, 4) is 0 Å². The summed E-state index contributed by atoms with van der Waals surface area (Å²) in [6, 6.07) is 4.71. The smallest absolute Gasteiger partial charge is 0.306 e. The molecule has 0 bridgehead atoms. The molecule has 7 heteroatoms. The van der Waals surface area contributed by atoms with E-state index in [2.05, 4.69) is 9.97 Å². The Hall–Kier alpha value is -1.60. The molecule has 0 spiro atoms. The van der Waals surface area contributed by atoms with E-state index >= 15 is 0 Å². The Morgan fingerprint density at radius 3 is 2.45 bits per heavy atom. The van der Waals surface area contributed by atoms with E-state index in [9.17, 15) is 13.2 Å². The molecule has 1 aliphatic carbocycles. The summed E-state index contributed by atoms with van der Waals surface area (Å²) in [5.74, 6) is 0. The van der Waals surface area contributed by atoms with Crippen LogP contribution in [-0.4, -0.2) is 34.8 Å². The number of hydrogen-bond acceptors (Lipinski definition) is 3. The Labute approximate surface area is 116 Å². The van der Waals surface area contributed by atoms with Crippen LogP contribution in [0.3, 0.4) is 0 Å². The molecule has 2 aromatic rings. The van der Waals surface area contributed by atoms with Crippen LogP contribution in [0, 0.1) is 0 Å². The average Bonchev–Trinajstić information content (AvgIpc) is 3.07. The highest BCUT2D eigenvalue weighted by molar-refractivity contribution is 7.89. The third kappa shape index (κ3) is 2.16. The molecular formula is C13H17N3O3S. The van der Waals surface area contributed by atoms with Gasteiger partial charge in [0.05, 0.1) is 15.9 Å². The average molecular weight is 295 g/mol. The fourth-order valence-corrected chi connectivity index (χ4v) is 4.43. The maximum absolute atomic E-state index is 12.7. The van der Waals surface area contributed by atoms with E-state index in [-0.39, 0.29) is 22.7 Å². The fourth-order valence-electron chi connectivity index (χ4n) is 2.52.